The van der Waals surface area contributed by atoms with Gasteiger partial charge in [-0.25, -0.2) is 9.97 Å². The van der Waals surface area contributed by atoms with E-state index in [1.165, 1.54) is 0 Å². The van der Waals surface area contributed by atoms with E-state index in [2.05, 4.69) is 9.97 Å². The number of halogens is 1. The zero-order valence-electron chi connectivity index (χ0n) is 18.0. The summed E-state index contributed by atoms with van der Waals surface area (Å²) < 4.78 is 8.06. The summed E-state index contributed by atoms with van der Waals surface area (Å²) in [5.74, 6) is 2.55. The zero-order chi connectivity index (χ0) is 22.1. The molecule has 32 heavy (non-hydrogen) atoms. The Balaban J connectivity index is 1.27. The Morgan fingerprint density at radius 3 is 2.88 bits per heavy atom. The highest BCUT2D eigenvalue weighted by atomic mass is 35.5. The van der Waals surface area contributed by atoms with E-state index in [4.69, 9.17) is 16.0 Å². The first kappa shape index (κ1) is 20.8. The molecule has 0 bridgehead atoms. The van der Waals surface area contributed by atoms with Gasteiger partial charge >= 0.3 is 0 Å². The van der Waals surface area contributed by atoms with Crippen LogP contribution in [0.2, 0.25) is 5.02 Å². The molecule has 1 saturated heterocycles. The van der Waals surface area contributed by atoms with Crippen molar-refractivity contribution in [1.82, 2.24) is 19.4 Å². The van der Waals surface area contributed by atoms with Crippen LogP contribution < -0.4 is 0 Å². The number of piperidine rings is 1. The SMILES string of the molecule is Cc1nc2ccccc2n1CC(=O)N1CCC[C@@H](c2ncc(Cc3ccccc3Cl)o2)C1. The van der Waals surface area contributed by atoms with E-state index in [-0.39, 0.29) is 11.8 Å². The van der Waals surface area contributed by atoms with Crippen molar-refractivity contribution in [3.8, 4) is 0 Å². The highest BCUT2D eigenvalue weighted by Gasteiger charge is 2.28. The minimum Gasteiger partial charge on any atom is -0.445 e. The van der Waals surface area contributed by atoms with Crippen LogP contribution in [0.25, 0.3) is 11.0 Å². The molecule has 1 atom stereocenters. The van der Waals surface area contributed by atoms with Crippen LogP contribution >= 0.6 is 11.6 Å². The number of amides is 1. The lowest BCUT2D eigenvalue weighted by molar-refractivity contribution is -0.133. The summed E-state index contributed by atoms with van der Waals surface area (Å²) in [6.07, 6.45) is 4.28. The first-order valence-corrected chi connectivity index (χ1v) is 11.3. The van der Waals surface area contributed by atoms with Gasteiger partial charge in [-0.05, 0) is 43.5 Å². The van der Waals surface area contributed by atoms with Gasteiger partial charge in [0.05, 0.1) is 23.1 Å². The van der Waals surface area contributed by atoms with Crippen LogP contribution in [-0.2, 0) is 17.8 Å². The molecule has 2 aromatic carbocycles. The summed E-state index contributed by atoms with van der Waals surface area (Å²) in [5.41, 5.74) is 2.92. The number of para-hydroxylation sites is 2. The lowest BCUT2D eigenvalue weighted by Crippen LogP contribution is -2.41. The van der Waals surface area contributed by atoms with Crippen molar-refractivity contribution >= 4 is 28.5 Å². The molecular weight excluding hydrogens is 424 g/mol. The van der Waals surface area contributed by atoms with Crippen LogP contribution in [0.1, 0.15) is 41.8 Å². The summed E-state index contributed by atoms with van der Waals surface area (Å²) in [4.78, 5) is 24.2. The fourth-order valence-electron chi connectivity index (χ4n) is 4.46. The zero-order valence-corrected chi connectivity index (χ0v) is 18.8. The Bertz CT molecular complexity index is 1260. The number of benzene rings is 2. The maximum atomic E-state index is 13.1. The monoisotopic (exact) mass is 448 g/mol. The van der Waals surface area contributed by atoms with Crippen molar-refractivity contribution < 1.29 is 9.21 Å². The van der Waals surface area contributed by atoms with Crippen LogP contribution in [0.3, 0.4) is 0 Å². The largest absolute Gasteiger partial charge is 0.445 e. The molecule has 0 saturated carbocycles. The van der Waals surface area contributed by atoms with Crippen LogP contribution in [-0.4, -0.2) is 38.4 Å². The summed E-state index contributed by atoms with van der Waals surface area (Å²) in [6.45, 7) is 3.62. The van der Waals surface area contributed by atoms with E-state index in [9.17, 15) is 4.79 Å². The molecule has 1 fully saturated rings. The molecule has 6 nitrogen and oxygen atoms in total. The van der Waals surface area contributed by atoms with Gasteiger partial charge < -0.3 is 13.9 Å². The van der Waals surface area contributed by atoms with Crippen molar-refractivity contribution in [3.05, 3.63) is 82.8 Å². The van der Waals surface area contributed by atoms with Gasteiger partial charge in [0.25, 0.3) is 0 Å². The molecule has 0 N–H and O–H groups in total. The second-order valence-electron chi connectivity index (χ2n) is 8.35. The molecule has 7 heteroatoms. The normalized spacial score (nSPS) is 16.6. The van der Waals surface area contributed by atoms with Gasteiger partial charge in [-0.2, -0.15) is 0 Å². The third kappa shape index (κ3) is 4.15. The number of likely N-dealkylation sites (tertiary alicyclic amines) is 1. The fourth-order valence-corrected chi connectivity index (χ4v) is 4.66. The second-order valence-corrected chi connectivity index (χ2v) is 8.75. The number of hydrogen-bond donors (Lipinski definition) is 0. The van der Waals surface area contributed by atoms with E-state index in [0.29, 0.717) is 25.4 Å². The van der Waals surface area contributed by atoms with Gasteiger partial charge in [-0.15, -0.1) is 0 Å². The smallest absolute Gasteiger partial charge is 0.242 e. The number of fused-ring (bicyclic) bond motifs is 1. The Hall–Kier alpha value is -3.12. The van der Waals surface area contributed by atoms with Crippen LogP contribution in [0.5, 0.6) is 0 Å². The predicted octanol–water partition coefficient (Wildman–Crippen LogP) is 4.98. The number of imidazole rings is 1. The first-order chi connectivity index (χ1) is 15.6. The highest BCUT2D eigenvalue weighted by Crippen LogP contribution is 2.28. The van der Waals surface area contributed by atoms with Gasteiger partial charge in [0.1, 0.15) is 18.1 Å². The molecule has 0 aliphatic carbocycles. The molecule has 0 unspecified atom stereocenters. The minimum absolute atomic E-state index is 0.101. The van der Waals surface area contributed by atoms with Gasteiger partial charge in [-0.1, -0.05) is 41.9 Å². The van der Waals surface area contributed by atoms with Crippen LogP contribution in [0.4, 0.5) is 0 Å². The molecule has 2 aromatic heterocycles. The number of oxazole rings is 1. The number of carbonyl (C=O) groups is 1. The Labute approximate surface area is 191 Å². The Morgan fingerprint density at radius 1 is 1.19 bits per heavy atom. The van der Waals surface area contributed by atoms with Crippen molar-refractivity contribution in [1.29, 1.82) is 0 Å². The molecule has 1 aliphatic heterocycles. The van der Waals surface area contributed by atoms with E-state index in [0.717, 1.165) is 52.6 Å². The van der Waals surface area contributed by atoms with E-state index in [1.807, 2.05) is 64.9 Å². The van der Waals surface area contributed by atoms with E-state index < -0.39 is 0 Å². The highest BCUT2D eigenvalue weighted by molar-refractivity contribution is 6.31. The maximum absolute atomic E-state index is 13.1. The minimum atomic E-state index is 0.101. The number of carbonyl (C=O) groups excluding carboxylic acids is 1. The maximum Gasteiger partial charge on any atom is 0.242 e. The summed E-state index contributed by atoms with van der Waals surface area (Å²) in [5, 5.41) is 0.724. The van der Waals surface area contributed by atoms with Gasteiger partial charge in [-0.3, -0.25) is 4.79 Å². The molecule has 1 amide bonds. The average Bonchev–Trinajstić information content (AvgIpc) is 3.40. The Kier molecular flexibility index (Phi) is 5.70. The molecule has 4 aromatic rings. The summed E-state index contributed by atoms with van der Waals surface area (Å²) in [7, 11) is 0. The van der Waals surface area contributed by atoms with Crippen LogP contribution in [0, 0.1) is 6.92 Å². The average molecular weight is 449 g/mol. The number of aryl methyl sites for hydroxylation is 1. The van der Waals surface area contributed by atoms with Gasteiger partial charge in [0, 0.05) is 24.5 Å². The molecule has 0 spiro atoms. The molecule has 1 aliphatic rings. The summed E-state index contributed by atoms with van der Waals surface area (Å²) in [6, 6.07) is 15.7. The third-order valence-electron chi connectivity index (χ3n) is 6.16. The van der Waals surface area contributed by atoms with E-state index in [1.54, 1.807) is 6.20 Å². The van der Waals surface area contributed by atoms with Crippen molar-refractivity contribution in [2.75, 3.05) is 13.1 Å². The fraction of sp³-hybridized carbons (Fsp3) is 0.320. The second kappa shape index (κ2) is 8.79. The van der Waals surface area contributed by atoms with Crippen molar-refractivity contribution in [2.24, 2.45) is 0 Å². The molecule has 164 valence electrons. The quantitative estimate of drug-likeness (QED) is 0.431. The molecule has 5 rings (SSSR count). The summed E-state index contributed by atoms with van der Waals surface area (Å²) >= 11 is 6.28. The van der Waals surface area contributed by atoms with Gasteiger partial charge in [0.2, 0.25) is 5.91 Å². The predicted molar refractivity (Wildman–Crippen MR) is 124 cm³/mol. The number of nitrogens with zero attached hydrogens (tertiary/aromatic N) is 4. The third-order valence-corrected chi connectivity index (χ3v) is 6.52. The lowest BCUT2D eigenvalue weighted by Gasteiger charge is -2.31. The van der Waals surface area contributed by atoms with Crippen LogP contribution in [0.15, 0.2) is 59.1 Å². The first-order valence-electron chi connectivity index (χ1n) is 11.0. The number of rotatable bonds is 5. The van der Waals surface area contributed by atoms with Crippen molar-refractivity contribution in [2.45, 2.75) is 38.6 Å². The lowest BCUT2D eigenvalue weighted by atomic mass is 9.98. The Morgan fingerprint density at radius 2 is 2.00 bits per heavy atom. The van der Waals surface area contributed by atoms with Gasteiger partial charge in [0.15, 0.2) is 5.89 Å². The standard InChI is InChI=1S/C25H25ClN4O2/c1-17-28-22-10-4-5-11-23(22)30(17)16-24(31)29-12-6-8-19(15-29)25-27-14-20(32-25)13-18-7-2-3-9-21(18)26/h2-5,7,9-11,14,19H,6,8,12-13,15-16H2,1H3/t19-/m1/s1. The molecule has 0 radical (unpaired) electrons. The molecule has 3 heterocycles. The number of hydrogen-bond acceptors (Lipinski definition) is 4. The topological polar surface area (TPSA) is 64.2 Å². The molecular formula is C25H25ClN4O2. The number of aromatic nitrogens is 3. The van der Waals surface area contributed by atoms with Crippen molar-refractivity contribution in [3.63, 3.8) is 0 Å². The van der Waals surface area contributed by atoms with E-state index >= 15 is 0 Å².